The Kier molecular flexibility index (Phi) is 5.11. The summed E-state index contributed by atoms with van der Waals surface area (Å²) in [5.74, 6) is 0.229. The molecule has 1 fully saturated rings. The number of hydrogen-bond donors (Lipinski definition) is 0. The molecule has 0 radical (unpaired) electrons. The molecule has 120 valence electrons. The molecule has 0 spiro atoms. The van der Waals surface area contributed by atoms with Crippen molar-refractivity contribution in [2.24, 2.45) is 0 Å². The zero-order valence-electron chi connectivity index (χ0n) is 13.5. The van der Waals surface area contributed by atoms with Crippen LogP contribution < -0.4 is 0 Å². The molecule has 0 aromatic heterocycles. The molecule has 1 atom stereocenters. The molecule has 4 nitrogen and oxygen atoms in total. The Balaban J connectivity index is 1.49. The van der Waals surface area contributed by atoms with Crippen LogP contribution in [0.2, 0.25) is 0 Å². The van der Waals surface area contributed by atoms with E-state index in [1.807, 2.05) is 11.9 Å². The van der Waals surface area contributed by atoms with Gasteiger partial charge in [0, 0.05) is 26.2 Å². The second-order valence-corrected chi connectivity index (χ2v) is 6.52. The minimum Gasteiger partial charge on any atom is -0.377 e. The summed E-state index contributed by atoms with van der Waals surface area (Å²) in [6.07, 6.45) is 4.81. The summed E-state index contributed by atoms with van der Waals surface area (Å²) >= 11 is 0. The van der Waals surface area contributed by atoms with Crippen LogP contribution in [0.3, 0.4) is 0 Å². The molecular weight excluding hydrogens is 276 g/mol. The molecule has 0 N–H and O–H groups in total. The molecule has 3 rings (SSSR count). The third-order valence-corrected chi connectivity index (χ3v) is 4.68. The molecule has 4 heteroatoms. The first kappa shape index (κ1) is 15.5. The largest absolute Gasteiger partial charge is 0.377 e. The number of carbonyl (C=O) groups excluding carboxylic acids is 1. The van der Waals surface area contributed by atoms with E-state index in [4.69, 9.17) is 4.74 Å². The zero-order chi connectivity index (χ0) is 15.4. The Morgan fingerprint density at radius 2 is 2.14 bits per heavy atom. The standard InChI is InChI=1S/C18H26N2O2/c1-19(13-17-8-4-5-11-22-17)14-18(21)20-10-9-15-6-2-3-7-16(15)12-20/h2-3,6-7,17H,4-5,8-14H2,1H3. The van der Waals surface area contributed by atoms with E-state index in [1.165, 1.54) is 24.0 Å². The van der Waals surface area contributed by atoms with Crippen LogP contribution in [0.25, 0.3) is 0 Å². The number of benzene rings is 1. The van der Waals surface area contributed by atoms with Gasteiger partial charge in [0.2, 0.25) is 5.91 Å². The van der Waals surface area contributed by atoms with Gasteiger partial charge in [-0.3, -0.25) is 9.69 Å². The van der Waals surface area contributed by atoms with E-state index in [2.05, 4.69) is 29.2 Å². The van der Waals surface area contributed by atoms with E-state index < -0.39 is 0 Å². The summed E-state index contributed by atoms with van der Waals surface area (Å²) in [6.45, 7) is 3.81. The predicted molar refractivity (Wildman–Crippen MR) is 86.7 cm³/mol. The molecule has 0 bridgehead atoms. The maximum atomic E-state index is 12.5. The Morgan fingerprint density at radius 3 is 2.91 bits per heavy atom. The normalized spacial score (nSPS) is 21.7. The van der Waals surface area contributed by atoms with Crippen molar-refractivity contribution < 1.29 is 9.53 Å². The lowest BCUT2D eigenvalue weighted by atomic mass is 10.00. The smallest absolute Gasteiger partial charge is 0.237 e. The fourth-order valence-corrected chi connectivity index (χ4v) is 3.40. The summed E-state index contributed by atoms with van der Waals surface area (Å²) in [6, 6.07) is 8.44. The van der Waals surface area contributed by atoms with Crippen LogP contribution >= 0.6 is 0 Å². The number of rotatable bonds is 4. The molecule has 1 saturated heterocycles. The lowest BCUT2D eigenvalue weighted by Crippen LogP contribution is -2.43. The summed E-state index contributed by atoms with van der Waals surface area (Å²) < 4.78 is 5.76. The molecule has 2 aliphatic rings. The monoisotopic (exact) mass is 302 g/mol. The van der Waals surface area contributed by atoms with Crippen LogP contribution in [0, 0.1) is 0 Å². The third kappa shape index (κ3) is 3.87. The minimum atomic E-state index is 0.229. The number of carbonyl (C=O) groups is 1. The van der Waals surface area contributed by atoms with Crippen molar-refractivity contribution in [3.63, 3.8) is 0 Å². The third-order valence-electron chi connectivity index (χ3n) is 4.68. The number of nitrogens with zero attached hydrogens (tertiary/aromatic N) is 2. The lowest BCUT2D eigenvalue weighted by Gasteiger charge is -2.32. The fraction of sp³-hybridized carbons (Fsp3) is 0.611. The van der Waals surface area contributed by atoms with Crippen molar-refractivity contribution in [1.82, 2.24) is 9.80 Å². The first-order valence-electron chi connectivity index (χ1n) is 8.37. The Bertz CT molecular complexity index is 512. The van der Waals surface area contributed by atoms with Gasteiger partial charge in [0.05, 0.1) is 12.6 Å². The summed E-state index contributed by atoms with van der Waals surface area (Å²) in [4.78, 5) is 16.6. The van der Waals surface area contributed by atoms with E-state index in [0.29, 0.717) is 12.6 Å². The minimum absolute atomic E-state index is 0.229. The van der Waals surface area contributed by atoms with Crippen molar-refractivity contribution in [2.75, 3.05) is 33.3 Å². The molecule has 1 unspecified atom stereocenters. The van der Waals surface area contributed by atoms with Crippen LogP contribution in [0.1, 0.15) is 30.4 Å². The highest BCUT2D eigenvalue weighted by Gasteiger charge is 2.22. The van der Waals surface area contributed by atoms with Crippen LogP contribution in [0.5, 0.6) is 0 Å². The Labute approximate surface area is 133 Å². The van der Waals surface area contributed by atoms with E-state index in [-0.39, 0.29) is 5.91 Å². The fourth-order valence-electron chi connectivity index (χ4n) is 3.40. The molecular formula is C18H26N2O2. The zero-order valence-corrected chi connectivity index (χ0v) is 13.5. The van der Waals surface area contributed by atoms with Gasteiger partial charge >= 0.3 is 0 Å². The second-order valence-electron chi connectivity index (χ2n) is 6.52. The highest BCUT2D eigenvalue weighted by Crippen LogP contribution is 2.19. The highest BCUT2D eigenvalue weighted by molar-refractivity contribution is 5.78. The number of amides is 1. The first-order valence-corrected chi connectivity index (χ1v) is 8.37. The van der Waals surface area contributed by atoms with Gasteiger partial charge in [-0.15, -0.1) is 0 Å². The number of fused-ring (bicyclic) bond motifs is 1. The van der Waals surface area contributed by atoms with Crippen molar-refractivity contribution in [3.05, 3.63) is 35.4 Å². The van der Waals surface area contributed by atoms with Gasteiger partial charge < -0.3 is 9.64 Å². The van der Waals surface area contributed by atoms with E-state index in [0.717, 1.165) is 39.1 Å². The van der Waals surface area contributed by atoms with E-state index >= 15 is 0 Å². The van der Waals surface area contributed by atoms with Crippen LogP contribution in [-0.2, 0) is 22.5 Å². The molecule has 2 aliphatic heterocycles. The van der Waals surface area contributed by atoms with Crippen molar-refractivity contribution in [2.45, 2.75) is 38.3 Å². The average molecular weight is 302 g/mol. The topological polar surface area (TPSA) is 32.8 Å². The van der Waals surface area contributed by atoms with Crippen LogP contribution in [0.15, 0.2) is 24.3 Å². The Morgan fingerprint density at radius 1 is 1.32 bits per heavy atom. The Hall–Kier alpha value is -1.39. The summed E-state index contributed by atoms with van der Waals surface area (Å²) in [5, 5.41) is 0. The summed E-state index contributed by atoms with van der Waals surface area (Å²) in [5.41, 5.74) is 2.68. The molecule has 22 heavy (non-hydrogen) atoms. The van der Waals surface area contributed by atoms with Gasteiger partial charge in [0.15, 0.2) is 0 Å². The average Bonchev–Trinajstić information content (AvgIpc) is 2.55. The molecule has 1 aromatic rings. The van der Waals surface area contributed by atoms with Crippen molar-refractivity contribution in [3.8, 4) is 0 Å². The lowest BCUT2D eigenvalue weighted by molar-refractivity contribution is -0.133. The highest BCUT2D eigenvalue weighted by atomic mass is 16.5. The van der Waals surface area contributed by atoms with Gasteiger partial charge in [-0.05, 0) is 43.9 Å². The second kappa shape index (κ2) is 7.25. The van der Waals surface area contributed by atoms with Gasteiger partial charge in [-0.1, -0.05) is 24.3 Å². The maximum absolute atomic E-state index is 12.5. The van der Waals surface area contributed by atoms with Crippen molar-refractivity contribution >= 4 is 5.91 Å². The quantitative estimate of drug-likeness (QED) is 0.853. The van der Waals surface area contributed by atoms with Gasteiger partial charge in [-0.2, -0.15) is 0 Å². The predicted octanol–water partition coefficient (Wildman–Crippen LogP) is 2.07. The summed E-state index contributed by atoms with van der Waals surface area (Å²) in [7, 11) is 2.02. The van der Waals surface area contributed by atoms with Crippen molar-refractivity contribution in [1.29, 1.82) is 0 Å². The maximum Gasteiger partial charge on any atom is 0.237 e. The van der Waals surface area contributed by atoms with E-state index in [1.54, 1.807) is 0 Å². The molecule has 2 heterocycles. The molecule has 0 aliphatic carbocycles. The van der Waals surface area contributed by atoms with E-state index in [9.17, 15) is 4.79 Å². The molecule has 1 aromatic carbocycles. The molecule has 1 amide bonds. The number of hydrogen-bond acceptors (Lipinski definition) is 3. The van der Waals surface area contributed by atoms with Gasteiger partial charge in [0.25, 0.3) is 0 Å². The van der Waals surface area contributed by atoms with Crippen LogP contribution in [-0.4, -0.2) is 55.1 Å². The number of ether oxygens (including phenoxy) is 1. The first-order chi connectivity index (χ1) is 10.7. The molecule has 0 saturated carbocycles. The number of likely N-dealkylation sites (N-methyl/N-ethyl adjacent to an activating group) is 1. The SMILES string of the molecule is CN(CC(=O)N1CCc2ccccc2C1)CC1CCCCO1. The van der Waals surface area contributed by atoms with Gasteiger partial charge in [0.1, 0.15) is 0 Å². The van der Waals surface area contributed by atoms with Crippen LogP contribution in [0.4, 0.5) is 0 Å². The van der Waals surface area contributed by atoms with Gasteiger partial charge in [-0.25, -0.2) is 0 Å².